The molecule has 33 heavy (non-hydrogen) atoms. The first-order valence-corrected chi connectivity index (χ1v) is 12.6. The van der Waals surface area contributed by atoms with Gasteiger partial charge in [0.25, 0.3) is 10.0 Å². The minimum Gasteiger partial charge on any atom is -0.492 e. The third kappa shape index (κ3) is 5.98. The zero-order valence-electron chi connectivity index (χ0n) is 18.1. The van der Waals surface area contributed by atoms with E-state index in [2.05, 4.69) is 10.0 Å². The van der Waals surface area contributed by atoms with Crippen LogP contribution >= 0.6 is 22.6 Å². The molecule has 0 saturated heterocycles. The van der Waals surface area contributed by atoms with Gasteiger partial charge in [-0.05, 0) is 37.1 Å². The van der Waals surface area contributed by atoms with Gasteiger partial charge in [0.05, 0.1) is 47.4 Å². The van der Waals surface area contributed by atoms with E-state index in [1.54, 1.807) is 6.92 Å². The summed E-state index contributed by atoms with van der Waals surface area (Å²) >= 11 is 1.34. The molecule has 1 heterocycles. The molecule has 0 radical (unpaired) electrons. The molecule has 3 rings (SSSR count). The van der Waals surface area contributed by atoms with E-state index in [9.17, 15) is 22.7 Å². The Labute approximate surface area is 204 Å². The highest BCUT2D eigenvalue weighted by molar-refractivity contribution is 14.1. The molecule has 1 unspecified atom stereocenters. The van der Waals surface area contributed by atoms with Gasteiger partial charge in [0.2, 0.25) is 5.91 Å². The minimum absolute atomic E-state index is 0.0312. The molecule has 1 aliphatic rings. The summed E-state index contributed by atoms with van der Waals surface area (Å²) < 4.78 is 55.4. The van der Waals surface area contributed by atoms with Crippen molar-refractivity contribution in [1.82, 2.24) is 0 Å². The molecule has 3 N–H and O–H groups in total. The Kier molecular flexibility index (Phi) is 7.59. The van der Waals surface area contributed by atoms with E-state index >= 15 is 0 Å². The monoisotopic (exact) mass is 594 g/mol. The molecule has 9 nitrogen and oxygen atoms in total. The van der Waals surface area contributed by atoms with Crippen LogP contribution in [0.15, 0.2) is 41.3 Å². The van der Waals surface area contributed by atoms with Gasteiger partial charge in [-0.3, -0.25) is 9.52 Å². The van der Waals surface area contributed by atoms with Crippen LogP contribution in [0.5, 0.6) is 17.2 Å². The lowest BCUT2D eigenvalue weighted by molar-refractivity contribution is -0.122. The summed E-state index contributed by atoms with van der Waals surface area (Å²) in [6.07, 6.45) is 0. The highest BCUT2D eigenvalue weighted by Gasteiger charge is 2.39. The van der Waals surface area contributed by atoms with Crippen LogP contribution in [0, 0.1) is 11.8 Å². The van der Waals surface area contributed by atoms with Gasteiger partial charge in [-0.15, -0.1) is 4.39 Å². The van der Waals surface area contributed by atoms with Crippen LogP contribution < -0.4 is 24.2 Å². The molecule has 1 amide bonds. The Morgan fingerprint density at radius 1 is 1.18 bits per heavy atom. The van der Waals surface area contributed by atoms with Gasteiger partial charge in [0.15, 0.2) is 11.5 Å². The molecule has 0 bridgehead atoms. The summed E-state index contributed by atoms with van der Waals surface area (Å²) in [4.78, 5) is 12.3. The summed E-state index contributed by atoms with van der Waals surface area (Å²) in [5.41, 5.74) is 0.458. The second-order valence-corrected chi connectivity index (χ2v) is 10.5. The number of aliphatic hydroxyl groups excluding tert-OH is 1. The third-order valence-corrected chi connectivity index (χ3v) is 6.65. The summed E-state index contributed by atoms with van der Waals surface area (Å²) in [6.45, 7) is 5.20. The molecule has 1 aliphatic heterocycles. The number of amides is 1. The first-order valence-electron chi connectivity index (χ1n) is 10.1. The van der Waals surface area contributed by atoms with Crippen LogP contribution in [0.2, 0.25) is 0 Å². The number of hydrogen-bond acceptors (Lipinski definition) is 7. The highest BCUT2D eigenvalue weighted by Crippen LogP contribution is 2.44. The standard InChI is InChI=1S/C21H24FIN2O7S/c1-4-30-18-9-13(24-20(27)15(11-26)12(2)3)6-8-19(18)33(28,29)25-14-5-7-16-17(10-14)32-21(22,23)31-16/h5-10,12,15,25-26H,4,11H2,1-3H3,(H,24,27)/t15-,21?/m0/s1. The first kappa shape index (κ1) is 25.3. The van der Waals surface area contributed by atoms with Crippen molar-refractivity contribution in [3.63, 3.8) is 0 Å². The van der Waals surface area contributed by atoms with Crippen molar-refractivity contribution in [1.29, 1.82) is 0 Å². The number of carbonyl (C=O) groups is 1. The van der Waals surface area contributed by atoms with E-state index in [1.807, 2.05) is 13.8 Å². The zero-order valence-corrected chi connectivity index (χ0v) is 21.1. The van der Waals surface area contributed by atoms with E-state index in [1.165, 1.54) is 59.0 Å². The maximum atomic E-state index is 13.9. The predicted molar refractivity (Wildman–Crippen MR) is 128 cm³/mol. The number of hydrogen-bond donors (Lipinski definition) is 3. The number of halogens is 2. The summed E-state index contributed by atoms with van der Waals surface area (Å²) in [7, 11) is -4.11. The second kappa shape index (κ2) is 9.89. The molecule has 0 aliphatic carbocycles. The molecule has 2 aromatic carbocycles. The van der Waals surface area contributed by atoms with Crippen LogP contribution in [-0.2, 0) is 14.8 Å². The Morgan fingerprint density at radius 2 is 1.85 bits per heavy atom. The molecule has 0 aromatic heterocycles. The van der Waals surface area contributed by atoms with Crippen LogP contribution in [0.4, 0.5) is 15.8 Å². The Bertz CT molecular complexity index is 1140. The number of benzene rings is 2. The van der Waals surface area contributed by atoms with Crippen LogP contribution in [0.1, 0.15) is 20.8 Å². The van der Waals surface area contributed by atoms with Gasteiger partial charge >= 0.3 is 4.05 Å². The number of anilines is 2. The normalized spacial score (nSPS) is 18.2. The number of carbonyl (C=O) groups excluding carboxylic acids is 1. The van der Waals surface area contributed by atoms with Crippen molar-refractivity contribution in [2.75, 3.05) is 23.3 Å². The van der Waals surface area contributed by atoms with Gasteiger partial charge in [0, 0.05) is 17.8 Å². The molecular formula is C21H24FIN2O7S. The fourth-order valence-electron chi connectivity index (χ4n) is 3.13. The van der Waals surface area contributed by atoms with E-state index in [-0.39, 0.29) is 52.9 Å². The molecule has 180 valence electrons. The van der Waals surface area contributed by atoms with Crippen molar-refractivity contribution in [3.8, 4) is 17.2 Å². The average molecular weight is 594 g/mol. The quantitative estimate of drug-likeness (QED) is 0.298. The molecule has 0 spiro atoms. The molecule has 12 heteroatoms. The SMILES string of the molecule is CCOc1cc(NC(=O)[C@@H](CO)C(C)C)ccc1S(=O)(=O)Nc1ccc2c(c1)OC(F)(I)O2. The molecule has 0 fully saturated rings. The third-order valence-electron chi connectivity index (χ3n) is 4.79. The number of ether oxygens (including phenoxy) is 3. The maximum absolute atomic E-state index is 13.9. The van der Waals surface area contributed by atoms with Crippen molar-refractivity contribution in [2.24, 2.45) is 11.8 Å². The van der Waals surface area contributed by atoms with Gasteiger partial charge in [-0.1, -0.05) is 13.8 Å². The van der Waals surface area contributed by atoms with Gasteiger partial charge in [-0.25, -0.2) is 8.42 Å². The Hall–Kier alpha value is -2.32. The maximum Gasteiger partial charge on any atom is 0.462 e. The van der Waals surface area contributed by atoms with E-state index in [0.29, 0.717) is 5.69 Å². The van der Waals surface area contributed by atoms with Crippen LogP contribution in [-0.4, -0.2) is 36.7 Å². The van der Waals surface area contributed by atoms with Gasteiger partial charge < -0.3 is 24.6 Å². The van der Waals surface area contributed by atoms with Gasteiger partial charge in [-0.2, -0.15) is 0 Å². The number of sulfonamides is 1. The molecular weight excluding hydrogens is 570 g/mol. The van der Waals surface area contributed by atoms with E-state index in [4.69, 9.17) is 14.2 Å². The summed E-state index contributed by atoms with van der Waals surface area (Å²) in [6, 6.07) is 8.24. The van der Waals surface area contributed by atoms with Crippen molar-refractivity contribution < 1.29 is 36.9 Å². The minimum atomic E-state index is -4.11. The first-order chi connectivity index (χ1) is 15.5. The fraction of sp³-hybridized carbons (Fsp3) is 0.381. The number of rotatable bonds is 9. The highest BCUT2D eigenvalue weighted by atomic mass is 127. The van der Waals surface area contributed by atoms with Crippen molar-refractivity contribution in [3.05, 3.63) is 36.4 Å². The molecule has 0 saturated carbocycles. The molecule has 2 atom stereocenters. The van der Waals surface area contributed by atoms with E-state index < -0.39 is 20.0 Å². The Morgan fingerprint density at radius 3 is 2.48 bits per heavy atom. The number of nitrogens with one attached hydrogen (secondary N) is 2. The fourth-order valence-corrected chi connectivity index (χ4v) is 4.78. The molecule has 2 aromatic rings. The second-order valence-electron chi connectivity index (χ2n) is 7.55. The topological polar surface area (TPSA) is 123 Å². The predicted octanol–water partition coefficient (Wildman–Crippen LogP) is 3.88. The van der Waals surface area contributed by atoms with Gasteiger partial charge in [0.1, 0.15) is 10.6 Å². The van der Waals surface area contributed by atoms with Crippen molar-refractivity contribution >= 4 is 49.9 Å². The Balaban J connectivity index is 1.85. The number of fused-ring (bicyclic) bond motifs is 1. The van der Waals surface area contributed by atoms with Crippen LogP contribution in [0.25, 0.3) is 0 Å². The lowest BCUT2D eigenvalue weighted by Gasteiger charge is -2.19. The van der Waals surface area contributed by atoms with Crippen LogP contribution in [0.3, 0.4) is 0 Å². The average Bonchev–Trinajstić information content (AvgIpc) is 3.01. The van der Waals surface area contributed by atoms with E-state index in [0.717, 1.165) is 0 Å². The number of alkyl halides is 2. The lowest BCUT2D eigenvalue weighted by atomic mass is 9.96. The number of aliphatic hydroxyl groups is 1. The smallest absolute Gasteiger partial charge is 0.462 e. The largest absolute Gasteiger partial charge is 0.492 e. The zero-order chi connectivity index (χ0) is 24.4. The summed E-state index contributed by atoms with van der Waals surface area (Å²) in [5, 5.41) is 12.1. The van der Waals surface area contributed by atoms with Crippen molar-refractivity contribution in [2.45, 2.75) is 29.7 Å². The lowest BCUT2D eigenvalue weighted by Crippen LogP contribution is -2.29. The summed E-state index contributed by atoms with van der Waals surface area (Å²) in [5.74, 6) is -0.845.